The number of rotatable bonds is 7. The van der Waals surface area contributed by atoms with Gasteiger partial charge in [0.15, 0.2) is 0 Å². The van der Waals surface area contributed by atoms with Gasteiger partial charge in [0.25, 0.3) is 0 Å². The molecule has 1 amide bonds. The smallest absolute Gasteiger partial charge is 0.227 e. The number of nitrogens with zero attached hydrogens (tertiary/aromatic N) is 2. The molecule has 2 aromatic carbocycles. The van der Waals surface area contributed by atoms with Crippen LogP contribution < -0.4 is 4.90 Å². The van der Waals surface area contributed by atoms with Crippen molar-refractivity contribution in [3.05, 3.63) is 65.5 Å². The summed E-state index contributed by atoms with van der Waals surface area (Å²) >= 11 is 0. The topological polar surface area (TPSA) is 23.6 Å². The van der Waals surface area contributed by atoms with E-state index >= 15 is 0 Å². The Morgan fingerprint density at radius 2 is 1.69 bits per heavy atom. The highest BCUT2D eigenvalue weighted by atomic mass is 19.1. The quantitative estimate of drug-likeness (QED) is 0.595. The molecule has 3 nitrogen and oxygen atoms in total. The highest BCUT2D eigenvalue weighted by Crippen LogP contribution is 2.26. The van der Waals surface area contributed by atoms with Crippen molar-refractivity contribution in [3.8, 4) is 0 Å². The fraction of sp³-hybridized carbons (Fsp3) is 0.480. The Balaban J connectivity index is 1.63. The van der Waals surface area contributed by atoms with E-state index in [0.29, 0.717) is 12.3 Å². The highest BCUT2D eigenvalue weighted by molar-refractivity contribution is 5.93. The lowest BCUT2D eigenvalue weighted by atomic mass is 9.99. The summed E-state index contributed by atoms with van der Waals surface area (Å²) in [7, 11) is 0. The first kappa shape index (κ1) is 21.5. The molecule has 3 rings (SSSR count). The van der Waals surface area contributed by atoms with Crippen LogP contribution in [0.15, 0.2) is 48.5 Å². The van der Waals surface area contributed by atoms with E-state index in [0.717, 1.165) is 44.6 Å². The summed E-state index contributed by atoms with van der Waals surface area (Å²) in [5.74, 6) is 0.426. The normalized spacial score (nSPS) is 15.6. The molecular formula is C25H33FN2O. The minimum absolute atomic E-state index is 0.141. The molecule has 1 heterocycles. The zero-order chi connectivity index (χ0) is 20.8. The fourth-order valence-corrected chi connectivity index (χ4v) is 4.10. The molecule has 1 fully saturated rings. The molecule has 0 unspecified atom stereocenters. The van der Waals surface area contributed by atoms with Crippen molar-refractivity contribution in [1.29, 1.82) is 0 Å². The molecule has 2 aromatic rings. The van der Waals surface area contributed by atoms with E-state index < -0.39 is 0 Å². The first-order valence-electron chi connectivity index (χ1n) is 10.9. The van der Waals surface area contributed by atoms with E-state index in [9.17, 15) is 9.18 Å². The van der Waals surface area contributed by atoms with Crippen molar-refractivity contribution in [3.63, 3.8) is 0 Å². The summed E-state index contributed by atoms with van der Waals surface area (Å²) in [6.07, 6.45) is 3.23. The molecule has 1 aliphatic rings. The first-order chi connectivity index (χ1) is 14.0. The van der Waals surface area contributed by atoms with Crippen molar-refractivity contribution in [2.24, 2.45) is 0 Å². The fourth-order valence-electron chi connectivity index (χ4n) is 4.10. The number of anilines is 1. The average molecular weight is 397 g/mol. The number of amides is 1. The molecule has 156 valence electrons. The number of benzene rings is 2. The molecule has 0 radical (unpaired) electrons. The third-order valence-corrected chi connectivity index (χ3v) is 5.81. The number of carbonyl (C=O) groups is 1. The number of hydrogen-bond acceptors (Lipinski definition) is 2. The second kappa shape index (κ2) is 10.0. The zero-order valence-electron chi connectivity index (χ0n) is 17.9. The standard InChI is InChI=1S/C25H33FN2O/c1-4-5-25(29)28(23-12-10-22(26)11-13-23)24-14-16-27(17-15-24)18-20-6-8-21(9-7-20)19(2)3/h6-13,19,24H,4-5,14-18H2,1-3H3. The Bertz CT molecular complexity index is 777. The van der Waals surface area contributed by atoms with Gasteiger partial charge in [-0.25, -0.2) is 4.39 Å². The molecular weight excluding hydrogens is 363 g/mol. The number of carbonyl (C=O) groups excluding carboxylic acids is 1. The van der Waals surface area contributed by atoms with Gasteiger partial charge in [-0.3, -0.25) is 9.69 Å². The highest BCUT2D eigenvalue weighted by Gasteiger charge is 2.28. The van der Waals surface area contributed by atoms with Crippen molar-refractivity contribution in [2.75, 3.05) is 18.0 Å². The van der Waals surface area contributed by atoms with Crippen molar-refractivity contribution < 1.29 is 9.18 Å². The largest absolute Gasteiger partial charge is 0.309 e. The summed E-state index contributed by atoms with van der Waals surface area (Å²) in [4.78, 5) is 17.2. The van der Waals surface area contributed by atoms with E-state index in [2.05, 4.69) is 43.0 Å². The van der Waals surface area contributed by atoms with Crippen molar-refractivity contribution >= 4 is 11.6 Å². The Kier molecular flexibility index (Phi) is 7.43. The molecule has 1 aliphatic heterocycles. The van der Waals surface area contributed by atoms with Crippen LogP contribution in [-0.2, 0) is 11.3 Å². The van der Waals surface area contributed by atoms with Gasteiger partial charge in [-0.1, -0.05) is 45.0 Å². The van der Waals surface area contributed by atoms with Crippen LogP contribution in [-0.4, -0.2) is 29.9 Å². The summed E-state index contributed by atoms with van der Waals surface area (Å²) in [5.41, 5.74) is 3.52. The lowest BCUT2D eigenvalue weighted by Crippen LogP contribution is -2.47. The van der Waals surface area contributed by atoms with E-state index in [4.69, 9.17) is 0 Å². The van der Waals surface area contributed by atoms with Gasteiger partial charge in [-0.2, -0.15) is 0 Å². The molecule has 0 bridgehead atoms. The summed E-state index contributed by atoms with van der Waals surface area (Å²) in [6.45, 7) is 9.33. The molecule has 29 heavy (non-hydrogen) atoms. The molecule has 0 aromatic heterocycles. The minimum atomic E-state index is -0.269. The van der Waals surface area contributed by atoms with E-state index in [1.165, 1.54) is 23.3 Å². The van der Waals surface area contributed by atoms with Crippen LogP contribution in [0.3, 0.4) is 0 Å². The predicted molar refractivity (Wildman–Crippen MR) is 118 cm³/mol. The van der Waals surface area contributed by atoms with Gasteiger partial charge in [0.05, 0.1) is 0 Å². The van der Waals surface area contributed by atoms with Gasteiger partial charge in [0, 0.05) is 37.8 Å². The molecule has 0 aliphatic carbocycles. The maximum Gasteiger partial charge on any atom is 0.227 e. The van der Waals surface area contributed by atoms with Gasteiger partial charge in [0.2, 0.25) is 5.91 Å². The van der Waals surface area contributed by atoms with Crippen LogP contribution in [0.25, 0.3) is 0 Å². The van der Waals surface area contributed by atoms with Gasteiger partial charge in [-0.05, 0) is 60.6 Å². The third kappa shape index (κ3) is 5.66. The Hall–Kier alpha value is -2.20. The molecule has 0 saturated carbocycles. The van der Waals surface area contributed by atoms with Crippen LogP contribution in [0.2, 0.25) is 0 Å². The Morgan fingerprint density at radius 3 is 2.24 bits per heavy atom. The number of piperidine rings is 1. The van der Waals surface area contributed by atoms with E-state index in [1.807, 2.05) is 11.8 Å². The second-order valence-corrected chi connectivity index (χ2v) is 8.39. The maximum atomic E-state index is 13.4. The van der Waals surface area contributed by atoms with Gasteiger partial charge in [-0.15, -0.1) is 0 Å². The minimum Gasteiger partial charge on any atom is -0.309 e. The monoisotopic (exact) mass is 396 g/mol. The van der Waals surface area contributed by atoms with Crippen LogP contribution in [0.4, 0.5) is 10.1 Å². The second-order valence-electron chi connectivity index (χ2n) is 8.39. The van der Waals surface area contributed by atoms with Crippen LogP contribution >= 0.6 is 0 Å². The van der Waals surface area contributed by atoms with Crippen LogP contribution in [0.5, 0.6) is 0 Å². The third-order valence-electron chi connectivity index (χ3n) is 5.81. The van der Waals surface area contributed by atoms with E-state index in [-0.39, 0.29) is 17.8 Å². The SMILES string of the molecule is CCCC(=O)N(c1ccc(F)cc1)C1CCN(Cc2ccc(C(C)C)cc2)CC1. The molecule has 0 spiro atoms. The van der Waals surface area contributed by atoms with Crippen LogP contribution in [0.1, 0.15) is 63.5 Å². The summed E-state index contributed by atoms with van der Waals surface area (Å²) < 4.78 is 13.4. The Labute approximate surface area is 174 Å². The first-order valence-corrected chi connectivity index (χ1v) is 10.9. The Morgan fingerprint density at radius 1 is 1.07 bits per heavy atom. The van der Waals surface area contributed by atoms with Crippen LogP contribution in [0, 0.1) is 5.82 Å². The number of hydrogen-bond donors (Lipinski definition) is 0. The summed E-state index contributed by atoms with van der Waals surface area (Å²) in [5, 5.41) is 0. The van der Waals surface area contributed by atoms with Crippen molar-refractivity contribution in [1.82, 2.24) is 4.90 Å². The molecule has 0 N–H and O–H groups in total. The molecule has 0 atom stereocenters. The zero-order valence-corrected chi connectivity index (χ0v) is 17.9. The van der Waals surface area contributed by atoms with Gasteiger partial charge in [0.1, 0.15) is 5.82 Å². The number of halogens is 1. The lowest BCUT2D eigenvalue weighted by molar-refractivity contribution is -0.119. The average Bonchev–Trinajstić information content (AvgIpc) is 2.71. The van der Waals surface area contributed by atoms with E-state index in [1.54, 1.807) is 12.1 Å². The lowest BCUT2D eigenvalue weighted by Gasteiger charge is -2.38. The number of likely N-dealkylation sites (tertiary alicyclic amines) is 1. The molecule has 4 heteroatoms. The van der Waals surface area contributed by atoms with Crippen molar-refractivity contribution in [2.45, 2.75) is 65.0 Å². The van der Waals surface area contributed by atoms with Gasteiger partial charge < -0.3 is 4.90 Å². The predicted octanol–water partition coefficient (Wildman–Crippen LogP) is 5.75. The maximum absolute atomic E-state index is 13.4. The summed E-state index contributed by atoms with van der Waals surface area (Å²) in [6, 6.07) is 15.4. The van der Waals surface area contributed by atoms with Gasteiger partial charge >= 0.3 is 0 Å². The molecule has 1 saturated heterocycles.